The van der Waals surface area contributed by atoms with Crippen LogP contribution in [0.2, 0.25) is 0 Å². The quantitative estimate of drug-likeness (QED) is 0.639. The van der Waals surface area contributed by atoms with Crippen LogP contribution in [0.4, 0.5) is 5.69 Å². The fraction of sp³-hybridized carbons (Fsp3) is 0.360. The molecule has 32 heavy (non-hydrogen) atoms. The van der Waals surface area contributed by atoms with Crippen LogP contribution < -0.4 is 5.32 Å². The number of anilines is 1. The lowest BCUT2D eigenvalue weighted by molar-refractivity contribution is 0.102. The van der Waals surface area contributed by atoms with Crippen molar-refractivity contribution in [1.29, 1.82) is 0 Å². The summed E-state index contributed by atoms with van der Waals surface area (Å²) >= 11 is 1.76. The molecule has 7 heteroatoms. The van der Waals surface area contributed by atoms with E-state index in [-0.39, 0.29) is 5.91 Å². The van der Waals surface area contributed by atoms with Gasteiger partial charge in [0, 0.05) is 67.2 Å². The van der Waals surface area contributed by atoms with Crippen molar-refractivity contribution in [3.63, 3.8) is 0 Å². The number of aromatic nitrogens is 2. The van der Waals surface area contributed by atoms with Gasteiger partial charge in [0.1, 0.15) is 0 Å². The minimum Gasteiger partial charge on any atom is -0.321 e. The number of benzene rings is 2. The van der Waals surface area contributed by atoms with Crippen molar-refractivity contribution in [2.75, 3.05) is 38.0 Å². The van der Waals surface area contributed by atoms with E-state index in [1.165, 1.54) is 10.5 Å². The Morgan fingerprint density at radius 2 is 1.75 bits per heavy atom. The normalized spacial score (nSPS) is 16.4. The van der Waals surface area contributed by atoms with Crippen LogP contribution in [0, 0.1) is 0 Å². The van der Waals surface area contributed by atoms with E-state index in [0.717, 1.165) is 67.5 Å². The second-order valence-corrected chi connectivity index (χ2v) is 9.46. The molecule has 1 aromatic heterocycles. The van der Waals surface area contributed by atoms with Crippen LogP contribution in [0.3, 0.4) is 0 Å². The maximum Gasteiger partial charge on any atom is 0.276 e. The Hall–Kier alpha value is -2.61. The Bertz CT molecular complexity index is 1120. The molecule has 2 aromatic carbocycles. The molecule has 2 aliphatic rings. The maximum absolute atomic E-state index is 13.1. The van der Waals surface area contributed by atoms with Gasteiger partial charge in [0.05, 0.1) is 5.69 Å². The number of nitrogens with zero attached hydrogens (tertiary/aromatic N) is 4. The highest BCUT2D eigenvalue weighted by Gasteiger charge is 2.27. The molecule has 3 aromatic rings. The first-order chi connectivity index (χ1) is 15.6. The van der Waals surface area contributed by atoms with Crippen molar-refractivity contribution in [2.45, 2.75) is 24.1 Å². The molecule has 1 N–H and O–H groups in total. The van der Waals surface area contributed by atoms with E-state index in [0.29, 0.717) is 5.69 Å². The summed E-state index contributed by atoms with van der Waals surface area (Å²) in [7, 11) is 1.91. The minimum absolute atomic E-state index is 0.148. The van der Waals surface area contributed by atoms with Crippen molar-refractivity contribution >= 4 is 23.4 Å². The number of nitrogens with one attached hydrogen (secondary N) is 1. The zero-order chi connectivity index (χ0) is 22.1. The number of fused-ring (bicyclic) bond motifs is 3. The Kier molecular flexibility index (Phi) is 6.04. The zero-order valence-electron chi connectivity index (χ0n) is 18.7. The molecule has 166 valence electrons. The van der Waals surface area contributed by atoms with Crippen molar-refractivity contribution in [3.05, 3.63) is 65.4 Å². The lowest BCUT2D eigenvalue weighted by Gasteiger charge is -2.34. The fourth-order valence-electron chi connectivity index (χ4n) is 4.57. The summed E-state index contributed by atoms with van der Waals surface area (Å²) < 4.78 is 1.84. The molecular formula is C25H29N5OS. The molecule has 0 saturated carbocycles. The monoisotopic (exact) mass is 447 g/mol. The SMILES string of the molecule is CCN1CCN(Cc2ccc(NC(=O)c3nn(C)c4c3CSc3ccccc3-4)cc2)CC1. The van der Waals surface area contributed by atoms with Crippen LogP contribution in [-0.2, 0) is 19.3 Å². The number of amides is 1. The lowest BCUT2D eigenvalue weighted by Crippen LogP contribution is -2.45. The van der Waals surface area contributed by atoms with Crippen LogP contribution in [0.15, 0.2) is 53.4 Å². The molecule has 0 aliphatic carbocycles. The third-order valence-corrected chi connectivity index (χ3v) is 7.50. The van der Waals surface area contributed by atoms with Crippen LogP contribution in [-0.4, -0.2) is 58.2 Å². The van der Waals surface area contributed by atoms with Gasteiger partial charge in [-0.15, -0.1) is 11.8 Å². The third kappa shape index (κ3) is 4.20. The van der Waals surface area contributed by atoms with Crippen LogP contribution in [0.1, 0.15) is 28.5 Å². The van der Waals surface area contributed by atoms with E-state index in [1.54, 1.807) is 11.8 Å². The maximum atomic E-state index is 13.1. The van der Waals surface area contributed by atoms with E-state index in [4.69, 9.17) is 0 Å². The molecule has 5 rings (SSSR count). The number of likely N-dealkylation sites (N-methyl/N-ethyl adjacent to an activating group) is 1. The number of rotatable bonds is 5. The number of hydrogen-bond acceptors (Lipinski definition) is 5. The van der Waals surface area contributed by atoms with E-state index in [1.807, 2.05) is 29.9 Å². The van der Waals surface area contributed by atoms with Gasteiger partial charge in [0.25, 0.3) is 5.91 Å². The highest BCUT2D eigenvalue weighted by Crippen LogP contribution is 2.42. The molecular weight excluding hydrogens is 418 g/mol. The molecule has 0 spiro atoms. The lowest BCUT2D eigenvalue weighted by atomic mass is 10.1. The fourth-order valence-corrected chi connectivity index (χ4v) is 5.64. The first-order valence-corrected chi connectivity index (χ1v) is 12.2. The van der Waals surface area contributed by atoms with E-state index in [9.17, 15) is 4.79 Å². The third-order valence-electron chi connectivity index (χ3n) is 6.40. The summed E-state index contributed by atoms with van der Waals surface area (Å²) in [6, 6.07) is 16.5. The van der Waals surface area contributed by atoms with E-state index < -0.39 is 0 Å². The molecule has 0 bridgehead atoms. The largest absolute Gasteiger partial charge is 0.321 e. The molecule has 0 radical (unpaired) electrons. The van der Waals surface area contributed by atoms with E-state index >= 15 is 0 Å². The Labute approximate surface area is 193 Å². The van der Waals surface area contributed by atoms with Gasteiger partial charge < -0.3 is 10.2 Å². The first-order valence-electron chi connectivity index (χ1n) is 11.3. The van der Waals surface area contributed by atoms with Crippen molar-refractivity contribution in [1.82, 2.24) is 19.6 Å². The predicted molar refractivity (Wildman–Crippen MR) is 130 cm³/mol. The average molecular weight is 448 g/mol. The van der Waals surface area contributed by atoms with Gasteiger partial charge in [-0.25, -0.2) is 0 Å². The van der Waals surface area contributed by atoms with Gasteiger partial charge in [-0.1, -0.05) is 37.3 Å². The predicted octanol–water partition coefficient (Wildman–Crippen LogP) is 4.08. The number of aryl methyl sites for hydroxylation is 1. The molecule has 0 unspecified atom stereocenters. The van der Waals surface area contributed by atoms with Gasteiger partial charge in [0.15, 0.2) is 5.69 Å². The molecule has 3 heterocycles. The minimum atomic E-state index is -0.148. The Balaban J connectivity index is 1.26. The number of piperazine rings is 1. The van der Waals surface area contributed by atoms with Gasteiger partial charge in [0.2, 0.25) is 0 Å². The average Bonchev–Trinajstić information content (AvgIpc) is 3.18. The van der Waals surface area contributed by atoms with Crippen LogP contribution in [0.25, 0.3) is 11.3 Å². The summed E-state index contributed by atoms with van der Waals surface area (Å²) in [6.07, 6.45) is 0. The van der Waals surface area contributed by atoms with Crippen molar-refractivity contribution < 1.29 is 4.79 Å². The molecule has 6 nitrogen and oxygen atoms in total. The summed E-state index contributed by atoms with van der Waals surface area (Å²) in [5, 5.41) is 7.62. The first kappa shape index (κ1) is 21.2. The van der Waals surface area contributed by atoms with Gasteiger partial charge in [-0.05, 0) is 30.3 Å². The Morgan fingerprint density at radius 3 is 2.50 bits per heavy atom. The summed E-state index contributed by atoms with van der Waals surface area (Å²) in [6.45, 7) is 8.81. The highest BCUT2D eigenvalue weighted by molar-refractivity contribution is 7.98. The number of carbonyl (C=O) groups is 1. The number of carbonyl (C=O) groups excluding carboxylic acids is 1. The van der Waals surface area contributed by atoms with Crippen LogP contribution >= 0.6 is 11.8 Å². The number of hydrogen-bond donors (Lipinski definition) is 1. The summed E-state index contributed by atoms with van der Waals surface area (Å²) in [4.78, 5) is 19.3. The van der Waals surface area contributed by atoms with Gasteiger partial charge in [-0.2, -0.15) is 5.10 Å². The second-order valence-electron chi connectivity index (χ2n) is 8.45. The summed E-state index contributed by atoms with van der Waals surface area (Å²) in [5.74, 6) is 0.609. The molecule has 2 aliphatic heterocycles. The zero-order valence-corrected chi connectivity index (χ0v) is 19.5. The second kappa shape index (κ2) is 9.10. The van der Waals surface area contributed by atoms with Crippen molar-refractivity contribution in [3.8, 4) is 11.3 Å². The van der Waals surface area contributed by atoms with Crippen molar-refractivity contribution in [2.24, 2.45) is 7.05 Å². The highest BCUT2D eigenvalue weighted by atomic mass is 32.2. The van der Waals surface area contributed by atoms with E-state index in [2.05, 4.69) is 57.5 Å². The smallest absolute Gasteiger partial charge is 0.276 e. The van der Waals surface area contributed by atoms with Crippen LogP contribution in [0.5, 0.6) is 0 Å². The van der Waals surface area contributed by atoms with Gasteiger partial charge in [-0.3, -0.25) is 14.4 Å². The Morgan fingerprint density at radius 1 is 1.03 bits per heavy atom. The molecule has 1 fully saturated rings. The summed E-state index contributed by atoms with van der Waals surface area (Å²) in [5.41, 5.74) is 5.80. The molecule has 1 amide bonds. The topological polar surface area (TPSA) is 53.4 Å². The number of thioether (sulfide) groups is 1. The van der Waals surface area contributed by atoms with Gasteiger partial charge >= 0.3 is 0 Å². The molecule has 0 atom stereocenters. The molecule has 1 saturated heterocycles. The standard InChI is InChI=1S/C25H29N5OS/c1-3-29-12-14-30(15-13-29)16-18-8-10-19(11-9-18)26-25(31)23-21-17-32-22-7-5-4-6-20(22)24(21)28(2)27-23/h4-11H,3,12-17H2,1-2H3,(H,26,31).